The number of nitrogens with one attached hydrogen (secondary N) is 2. The average Bonchev–Trinajstić information content (AvgIpc) is 3.12. The lowest BCUT2D eigenvalue weighted by atomic mass is 10.1. The number of carbonyl (C=O) groups excluding carboxylic acids is 2. The zero-order chi connectivity index (χ0) is 21.6. The van der Waals surface area contributed by atoms with Crippen LogP contribution in [0.1, 0.15) is 48.7 Å². The van der Waals surface area contributed by atoms with Crippen LogP contribution in [0.2, 0.25) is 5.02 Å². The van der Waals surface area contributed by atoms with E-state index in [2.05, 4.69) is 10.6 Å². The predicted octanol–water partition coefficient (Wildman–Crippen LogP) is 3.87. The van der Waals surface area contributed by atoms with E-state index in [0.29, 0.717) is 9.90 Å². The SMILES string of the molecule is O=C(NCC(c1cccs1)S(=O)(=O)c1ccc(Cl)cc1)C(=O)NC1CCCCCC1. The summed E-state index contributed by atoms with van der Waals surface area (Å²) in [4.78, 5) is 25.4. The van der Waals surface area contributed by atoms with Crippen molar-refractivity contribution in [3.05, 3.63) is 51.7 Å². The maximum Gasteiger partial charge on any atom is 0.309 e. The molecule has 1 aromatic heterocycles. The monoisotopic (exact) mass is 468 g/mol. The largest absolute Gasteiger partial charge is 0.346 e. The highest BCUT2D eigenvalue weighted by Crippen LogP contribution is 2.32. The van der Waals surface area contributed by atoms with Crippen molar-refractivity contribution in [2.45, 2.75) is 54.7 Å². The van der Waals surface area contributed by atoms with E-state index in [9.17, 15) is 18.0 Å². The van der Waals surface area contributed by atoms with Crippen molar-refractivity contribution in [3.8, 4) is 0 Å². The minimum Gasteiger partial charge on any atom is -0.346 e. The van der Waals surface area contributed by atoms with Gasteiger partial charge in [-0.15, -0.1) is 11.3 Å². The maximum atomic E-state index is 13.2. The second-order valence-corrected chi connectivity index (χ2v) is 10.9. The summed E-state index contributed by atoms with van der Waals surface area (Å²) in [7, 11) is -3.79. The third-order valence-electron chi connectivity index (χ3n) is 5.22. The molecule has 9 heteroatoms. The molecule has 1 aromatic carbocycles. The van der Waals surface area contributed by atoms with E-state index in [-0.39, 0.29) is 17.5 Å². The van der Waals surface area contributed by atoms with E-state index >= 15 is 0 Å². The van der Waals surface area contributed by atoms with Gasteiger partial charge in [0.15, 0.2) is 9.84 Å². The molecule has 1 saturated carbocycles. The Kier molecular flexibility index (Phi) is 7.91. The minimum absolute atomic E-state index is 0.00311. The first-order chi connectivity index (χ1) is 14.4. The number of hydrogen-bond donors (Lipinski definition) is 2. The Morgan fingerprint density at radius 1 is 1.03 bits per heavy atom. The molecule has 0 spiro atoms. The highest BCUT2D eigenvalue weighted by molar-refractivity contribution is 7.91. The Labute approximate surface area is 185 Å². The highest BCUT2D eigenvalue weighted by Gasteiger charge is 2.31. The lowest BCUT2D eigenvalue weighted by Gasteiger charge is -2.19. The molecule has 1 aliphatic rings. The van der Waals surface area contributed by atoms with Gasteiger partial charge in [-0.2, -0.15) is 0 Å². The molecule has 0 saturated heterocycles. The van der Waals surface area contributed by atoms with E-state index in [1.807, 2.05) is 0 Å². The zero-order valence-corrected chi connectivity index (χ0v) is 18.9. The zero-order valence-electron chi connectivity index (χ0n) is 16.5. The standard InChI is InChI=1S/C21H25ClN2O4S2/c22-15-9-11-17(12-10-15)30(27,28)19(18-8-5-13-29-18)14-23-20(25)21(26)24-16-6-3-1-2-4-7-16/h5,8-13,16,19H,1-4,6-7,14H2,(H,23,25)(H,24,26). The summed E-state index contributed by atoms with van der Waals surface area (Å²) in [6.07, 6.45) is 6.08. The van der Waals surface area contributed by atoms with Crippen molar-refractivity contribution in [2.75, 3.05) is 6.54 Å². The Morgan fingerprint density at radius 2 is 1.70 bits per heavy atom. The van der Waals surface area contributed by atoms with Crippen LogP contribution < -0.4 is 10.6 Å². The number of amides is 2. The van der Waals surface area contributed by atoms with Crippen LogP contribution >= 0.6 is 22.9 Å². The number of carbonyl (C=O) groups is 2. The summed E-state index contributed by atoms with van der Waals surface area (Å²) in [6, 6.07) is 9.37. The smallest absolute Gasteiger partial charge is 0.309 e. The van der Waals surface area contributed by atoms with Crippen molar-refractivity contribution >= 4 is 44.6 Å². The average molecular weight is 469 g/mol. The second-order valence-electron chi connectivity index (χ2n) is 7.37. The van der Waals surface area contributed by atoms with Crippen molar-refractivity contribution in [1.82, 2.24) is 10.6 Å². The molecule has 0 radical (unpaired) electrons. The Hall–Kier alpha value is -1.90. The summed E-state index contributed by atoms with van der Waals surface area (Å²) in [6.45, 7) is -0.192. The van der Waals surface area contributed by atoms with Gasteiger partial charge >= 0.3 is 11.8 Å². The number of sulfone groups is 1. The first kappa shape index (κ1) is 22.8. The van der Waals surface area contributed by atoms with Gasteiger partial charge in [-0.1, -0.05) is 43.4 Å². The molecular weight excluding hydrogens is 444 g/mol. The number of hydrogen-bond acceptors (Lipinski definition) is 5. The second kappa shape index (κ2) is 10.4. The van der Waals surface area contributed by atoms with Crippen molar-refractivity contribution in [3.63, 3.8) is 0 Å². The molecule has 1 heterocycles. The molecule has 162 valence electrons. The van der Waals surface area contributed by atoms with Gasteiger partial charge in [-0.3, -0.25) is 9.59 Å². The fourth-order valence-electron chi connectivity index (χ4n) is 3.57. The summed E-state index contributed by atoms with van der Waals surface area (Å²) in [5, 5.41) is 6.52. The van der Waals surface area contributed by atoms with Crippen LogP contribution in [0.5, 0.6) is 0 Å². The summed E-state index contributed by atoms with van der Waals surface area (Å²) in [5.41, 5.74) is 0. The van der Waals surface area contributed by atoms with Gasteiger partial charge in [0.25, 0.3) is 0 Å². The Morgan fingerprint density at radius 3 is 2.30 bits per heavy atom. The summed E-state index contributed by atoms with van der Waals surface area (Å²) < 4.78 is 26.4. The molecule has 2 N–H and O–H groups in total. The molecule has 0 aliphatic heterocycles. The fraction of sp³-hybridized carbons (Fsp3) is 0.429. The Balaban J connectivity index is 1.69. The maximum absolute atomic E-state index is 13.2. The molecule has 1 unspecified atom stereocenters. The van der Waals surface area contributed by atoms with Gasteiger partial charge < -0.3 is 10.6 Å². The van der Waals surface area contributed by atoms with E-state index in [4.69, 9.17) is 11.6 Å². The first-order valence-electron chi connectivity index (χ1n) is 9.99. The normalized spacial score (nSPS) is 16.4. The van der Waals surface area contributed by atoms with Gasteiger partial charge in [0.1, 0.15) is 5.25 Å². The molecule has 2 aromatic rings. The predicted molar refractivity (Wildman–Crippen MR) is 118 cm³/mol. The number of rotatable bonds is 6. The van der Waals surface area contributed by atoms with Crippen LogP contribution in [0.25, 0.3) is 0 Å². The van der Waals surface area contributed by atoms with E-state index < -0.39 is 26.9 Å². The van der Waals surface area contributed by atoms with Crippen LogP contribution in [-0.2, 0) is 19.4 Å². The van der Waals surface area contributed by atoms with Crippen molar-refractivity contribution in [2.24, 2.45) is 0 Å². The van der Waals surface area contributed by atoms with Gasteiger partial charge in [0.05, 0.1) is 4.90 Å². The Bertz CT molecular complexity index is 951. The third-order valence-corrected chi connectivity index (χ3v) is 8.71. The summed E-state index contributed by atoms with van der Waals surface area (Å²) >= 11 is 7.16. The van der Waals surface area contributed by atoms with Gasteiger partial charge in [-0.05, 0) is 48.6 Å². The van der Waals surface area contributed by atoms with E-state index in [1.54, 1.807) is 17.5 Å². The molecule has 6 nitrogen and oxygen atoms in total. The molecule has 0 bridgehead atoms. The number of thiophene rings is 1. The molecule has 2 amide bonds. The van der Waals surface area contributed by atoms with Gasteiger partial charge in [0, 0.05) is 22.5 Å². The summed E-state index contributed by atoms with van der Waals surface area (Å²) in [5.74, 6) is -1.53. The lowest BCUT2D eigenvalue weighted by Crippen LogP contribution is -2.45. The molecule has 3 rings (SSSR count). The molecule has 1 fully saturated rings. The van der Waals surface area contributed by atoms with E-state index in [0.717, 1.165) is 38.5 Å². The van der Waals surface area contributed by atoms with Crippen LogP contribution in [0.4, 0.5) is 0 Å². The van der Waals surface area contributed by atoms with Gasteiger partial charge in [0.2, 0.25) is 0 Å². The third kappa shape index (κ3) is 5.83. The molecular formula is C21H25ClN2O4S2. The van der Waals surface area contributed by atoms with Crippen LogP contribution in [0, 0.1) is 0 Å². The van der Waals surface area contributed by atoms with Gasteiger partial charge in [-0.25, -0.2) is 8.42 Å². The van der Waals surface area contributed by atoms with Crippen molar-refractivity contribution in [1.29, 1.82) is 0 Å². The fourth-order valence-corrected chi connectivity index (χ4v) is 6.48. The highest BCUT2D eigenvalue weighted by atomic mass is 35.5. The van der Waals surface area contributed by atoms with Crippen molar-refractivity contribution < 1.29 is 18.0 Å². The van der Waals surface area contributed by atoms with E-state index in [1.165, 1.54) is 35.6 Å². The first-order valence-corrected chi connectivity index (χ1v) is 12.8. The van der Waals surface area contributed by atoms with Crippen LogP contribution in [0.15, 0.2) is 46.7 Å². The quantitative estimate of drug-likeness (QED) is 0.497. The van der Waals surface area contributed by atoms with Crippen LogP contribution in [-0.4, -0.2) is 32.8 Å². The molecule has 1 aliphatic carbocycles. The molecule has 30 heavy (non-hydrogen) atoms. The van der Waals surface area contributed by atoms with Crippen LogP contribution in [0.3, 0.4) is 0 Å². The number of benzene rings is 1. The number of halogens is 1. The molecule has 1 atom stereocenters. The minimum atomic E-state index is -3.79. The lowest BCUT2D eigenvalue weighted by molar-refractivity contribution is -0.139. The topological polar surface area (TPSA) is 92.3 Å².